The van der Waals surface area contributed by atoms with E-state index in [2.05, 4.69) is 10.5 Å². The van der Waals surface area contributed by atoms with Crippen LogP contribution in [0.1, 0.15) is 33.2 Å². The number of ether oxygens (including phenoxy) is 2. The summed E-state index contributed by atoms with van der Waals surface area (Å²) < 4.78 is 11.0. The molecular formula is C23H18Cl2N2O4. The predicted molar refractivity (Wildman–Crippen MR) is 121 cm³/mol. The van der Waals surface area contributed by atoms with Gasteiger partial charge < -0.3 is 9.47 Å². The van der Waals surface area contributed by atoms with E-state index in [1.807, 2.05) is 6.92 Å². The van der Waals surface area contributed by atoms with Gasteiger partial charge in [0.15, 0.2) is 11.5 Å². The fraction of sp³-hybridized carbons (Fsp3) is 0.0870. The fourth-order valence-corrected chi connectivity index (χ4v) is 2.91. The highest BCUT2D eigenvalue weighted by atomic mass is 35.5. The van der Waals surface area contributed by atoms with Crippen molar-refractivity contribution >= 4 is 41.3 Å². The zero-order valence-corrected chi connectivity index (χ0v) is 18.0. The Bertz CT molecular complexity index is 1110. The number of esters is 1. The van der Waals surface area contributed by atoms with Gasteiger partial charge >= 0.3 is 5.97 Å². The Hall–Kier alpha value is -3.35. The summed E-state index contributed by atoms with van der Waals surface area (Å²) in [5, 5.41) is 4.79. The number of amides is 1. The molecule has 0 spiro atoms. The number of nitrogens with zero attached hydrogens (tertiary/aromatic N) is 1. The van der Waals surface area contributed by atoms with Gasteiger partial charge in [-0.2, -0.15) is 5.10 Å². The molecule has 3 aromatic rings. The molecule has 0 saturated heterocycles. The lowest BCUT2D eigenvalue weighted by Crippen LogP contribution is -2.17. The Morgan fingerprint density at radius 3 is 2.45 bits per heavy atom. The summed E-state index contributed by atoms with van der Waals surface area (Å²) in [5.74, 6) is -0.364. The van der Waals surface area contributed by atoms with Crippen LogP contribution >= 0.6 is 23.2 Å². The van der Waals surface area contributed by atoms with Gasteiger partial charge in [-0.25, -0.2) is 10.2 Å². The smallest absolute Gasteiger partial charge is 0.345 e. The fourth-order valence-electron chi connectivity index (χ4n) is 2.57. The minimum atomic E-state index is -0.594. The molecule has 0 saturated carbocycles. The summed E-state index contributed by atoms with van der Waals surface area (Å²) in [4.78, 5) is 24.5. The van der Waals surface area contributed by atoms with Crippen molar-refractivity contribution in [2.45, 2.75) is 6.92 Å². The molecule has 0 unspecified atom stereocenters. The van der Waals surface area contributed by atoms with E-state index >= 15 is 0 Å². The van der Waals surface area contributed by atoms with Crippen molar-refractivity contribution in [3.05, 3.63) is 93.5 Å². The van der Waals surface area contributed by atoms with Crippen molar-refractivity contribution in [1.82, 2.24) is 5.43 Å². The third-order valence-electron chi connectivity index (χ3n) is 4.05. The molecule has 0 heterocycles. The van der Waals surface area contributed by atoms with Crippen LogP contribution in [0, 0.1) is 0 Å². The molecule has 31 heavy (non-hydrogen) atoms. The molecule has 0 aromatic heterocycles. The van der Waals surface area contributed by atoms with E-state index in [-0.39, 0.29) is 17.2 Å². The number of benzene rings is 3. The van der Waals surface area contributed by atoms with Crippen LogP contribution in [0.3, 0.4) is 0 Å². The first kappa shape index (κ1) is 22.3. The second-order valence-corrected chi connectivity index (χ2v) is 7.06. The van der Waals surface area contributed by atoms with Crippen LogP contribution in [0.15, 0.2) is 71.8 Å². The van der Waals surface area contributed by atoms with Crippen LogP contribution in [0.25, 0.3) is 0 Å². The van der Waals surface area contributed by atoms with Crippen molar-refractivity contribution in [2.75, 3.05) is 6.61 Å². The molecule has 0 aliphatic rings. The molecular weight excluding hydrogens is 439 g/mol. The normalized spacial score (nSPS) is 10.7. The second-order valence-electron chi connectivity index (χ2n) is 6.21. The summed E-state index contributed by atoms with van der Waals surface area (Å²) in [7, 11) is 0. The summed E-state index contributed by atoms with van der Waals surface area (Å²) >= 11 is 11.9. The third-order valence-corrected chi connectivity index (χ3v) is 4.63. The van der Waals surface area contributed by atoms with Crippen molar-refractivity contribution in [2.24, 2.45) is 5.10 Å². The van der Waals surface area contributed by atoms with Crippen LogP contribution in [0.2, 0.25) is 10.0 Å². The first-order valence-electron chi connectivity index (χ1n) is 9.30. The number of halogens is 2. The molecule has 1 N–H and O–H groups in total. The lowest BCUT2D eigenvalue weighted by Gasteiger charge is -2.12. The summed E-state index contributed by atoms with van der Waals surface area (Å²) in [6.07, 6.45) is 1.45. The maximum atomic E-state index is 12.4. The molecule has 0 fully saturated rings. The highest BCUT2D eigenvalue weighted by molar-refractivity contribution is 6.33. The molecule has 0 aliphatic carbocycles. The number of nitrogens with one attached hydrogen (secondary N) is 1. The largest absolute Gasteiger partial charge is 0.490 e. The van der Waals surface area contributed by atoms with Gasteiger partial charge in [0.2, 0.25) is 0 Å². The average molecular weight is 457 g/mol. The molecule has 0 bridgehead atoms. The van der Waals surface area contributed by atoms with Gasteiger partial charge in [-0.15, -0.1) is 0 Å². The van der Waals surface area contributed by atoms with E-state index in [0.717, 1.165) is 0 Å². The molecule has 8 heteroatoms. The average Bonchev–Trinajstić information content (AvgIpc) is 2.76. The minimum absolute atomic E-state index is 0.245. The van der Waals surface area contributed by atoms with E-state index in [1.54, 1.807) is 66.7 Å². The lowest BCUT2D eigenvalue weighted by atomic mass is 10.2. The standard InChI is InChI=1S/C23H18Cl2N2O4/c1-2-30-21-13-15(14-26-27-22(28)16-8-10-17(24)11-9-16)7-12-20(21)31-23(29)18-5-3-4-6-19(18)25/h3-14H,2H2,1H3,(H,27,28)/b26-14+. The van der Waals surface area contributed by atoms with E-state index in [0.29, 0.717) is 33.5 Å². The zero-order chi connectivity index (χ0) is 22.2. The van der Waals surface area contributed by atoms with Crippen LogP contribution in [0.4, 0.5) is 0 Å². The molecule has 3 aromatic carbocycles. The molecule has 158 valence electrons. The van der Waals surface area contributed by atoms with Crippen LogP contribution in [-0.4, -0.2) is 24.7 Å². The van der Waals surface area contributed by atoms with E-state index in [9.17, 15) is 9.59 Å². The summed E-state index contributed by atoms with van der Waals surface area (Å²) in [5.41, 5.74) is 3.76. The Kier molecular flexibility index (Phi) is 7.65. The Morgan fingerprint density at radius 2 is 1.74 bits per heavy atom. The van der Waals surface area contributed by atoms with Gasteiger partial charge in [0, 0.05) is 10.6 Å². The monoisotopic (exact) mass is 456 g/mol. The van der Waals surface area contributed by atoms with Gasteiger partial charge in [-0.3, -0.25) is 4.79 Å². The van der Waals surface area contributed by atoms with Crippen molar-refractivity contribution < 1.29 is 19.1 Å². The number of carbonyl (C=O) groups excluding carboxylic acids is 2. The topological polar surface area (TPSA) is 77.0 Å². The first-order valence-corrected chi connectivity index (χ1v) is 10.1. The van der Waals surface area contributed by atoms with Gasteiger partial charge in [0.1, 0.15) is 0 Å². The zero-order valence-electron chi connectivity index (χ0n) is 16.5. The van der Waals surface area contributed by atoms with Gasteiger partial charge in [-0.05, 0) is 67.1 Å². The van der Waals surface area contributed by atoms with E-state index in [4.69, 9.17) is 32.7 Å². The van der Waals surface area contributed by atoms with Crippen LogP contribution < -0.4 is 14.9 Å². The highest BCUT2D eigenvalue weighted by Gasteiger charge is 2.15. The third kappa shape index (κ3) is 6.07. The molecule has 6 nitrogen and oxygen atoms in total. The highest BCUT2D eigenvalue weighted by Crippen LogP contribution is 2.29. The van der Waals surface area contributed by atoms with Gasteiger partial charge in [-0.1, -0.05) is 35.3 Å². The van der Waals surface area contributed by atoms with Crippen molar-refractivity contribution in [1.29, 1.82) is 0 Å². The summed E-state index contributed by atoms with van der Waals surface area (Å²) in [6.45, 7) is 2.18. The molecule has 0 radical (unpaired) electrons. The van der Waals surface area contributed by atoms with Crippen LogP contribution in [0.5, 0.6) is 11.5 Å². The van der Waals surface area contributed by atoms with Crippen molar-refractivity contribution in [3.8, 4) is 11.5 Å². The number of hydrazone groups is 1. The van der Waals surface area contributed by atoms with Crippen LogP contribution in [-0.2, 0) is 0 Å². The SMILES string of the molecule is CCOc1cc(/C=N/NC(=O)c2ccc(Cl)cc2)ccc1OC(=O)c1ccccc1Cl. The summed E-state index contributed by atoms with van der Waals surface area (Å²) in [6, 6.07) is 18.0. The number of carbonyl (C=O) groups is 2. The minimum Gasteiger partial charge on any atom is -0.490 e. The molecule has 3 rings (SSSR count). The Labute approximate surface area is 189 Å². The maximum Gasteiger partial charge on any atom is 0.345 e. The second kappa shape index (κ2) is 10.6. The van der Waals surface area contributed by atoms with E-state index < -0.39 is 5.97 Å². The van der Waals surface area contributed by atoms with E-state index in [1.165, 1.54) is 6.21 Å². The van der Waals surface area contributed by atoms with Gasteiger partial charge in [0.05, 0.1) is 23.4 Å². The first-order chi connectivity index (χ1) is 15.0. The number of rotatable bonds is 7. The maximum absolute atomic E-state index is 12.4. The molecule has 0 atom stereocenters. The Balaban J connectivity index is 1.71. The molecule has 0 aliphatic heterocycles. The number of hydrogen-bond acceptors (Lipinski definition) is 5. The predicted octanol–water partition coefficient (Wildman–Crippen LogP) is 5.38. The lowest BCUT2D eigenvalue weighted by molar-refractivity contribution is 0.0728. The van der Waals surface area contributed by atoms with Crippen molar-refractivity contribution in [3.63, 3.8) is 0 Å². The quantitative estimate of drug-likeness (QED) is 0.224. The van der Waals surface area contributed by atoms with Gasteiger partial charge in [0.25, 0.3) is 5.91 Å². The molecule has 1 amide bonds. The number of hydrogen-bond donors (Lipinski definition) is 1. The Morgan fingerprint density at radius 1 is 1.00 bits per heavy atom.